The van der Waals surface area contributed by atoms with E-state index >= 15 is 0 Å². The Kier molecular flexibility index (Phi) is 12.0. The van der Waals surface area contributed by atoms with Crippen molar-refractivity contribution < 1.29 is 36.3 Å². The molecule has 0 bridgehead atoms. The molecule has 1 amide bonds. The number of carbonyl (C=O) groups excluding carboxylic acids is 1. The van der Waals surface area contributed by atoms with Crippen LogP contribution >= 0.6 is 0 Å². The van der Waals surface area contributed by atoms with Crippen molar-refractivity contribution in [3.05, 3.63) is 53.7 Å². The highest BCUT2D eigenvalue weighted by Crippen LogP contribution is 2.19. The van der Waals surface area contributed by atoms with Crippen molar-refractivity contribution in [3.8, 4) is 5.88 Å². The number of hydrogen-bond acceptors (Lipinski definition) is 9. The Labute approximate surface area is 219 Å². The standard InChI is InChI=1S/C26H36N2O8S/c1-26(2,3)36-25(29)28(4)23-11-8-21(9-12-23)6-7-22-10-13-24(27-20-22)34-18-16-32-14-15-33-17-19-35-37(5,30)31/h6-13,20H,14-19H2,1-5H3. The number of carbonyl (C=O) groups is 1. The largest absolute Gasteiger partial charge is 0.475 e. The van der Waals surface area contributed by atoms with Crippen molar-refractivity contribution in [1.82, 2.24) is 4.98 Å². The van der Waals surface area contributed by atoms with Crippen LogP contribution in [0.5, 0.6) is 5.88 Å². The van der Waals surface area contributed by atoms with E-state index in [2.05, 4.69) is 9.17 Å². The van der Waals surface area contributed by atoms with E-state index in [1.807, 2.05) is 63.3 Å². The zero-order valence-corrected chi connectivity index (χ0v) is 22.8. The number of aromatic nitrogens is 1. The van der Waals surface area contributed by atoms with Gasteiger partial charge in [0.1, 0.15) is 12.2 Å². The van der Waals surface area contributed by atoms with Crippen LogP contribution in [-0.4, -0.2) is 78.0 Å². The molecule has 204 valence electrons. The number of rotatable bonds is 14. The van der Waals surface area contributed by atoms with Crippen LogP contribution in [0.3, 0.4) is 0 Å². The quantitative estimate of drug-likeness (QED) is 0.261. The van der Waals surface area contributed by atoms with Gasteiger partial charge in [0.05, 0.1) is 39.3 Å². The number of ether oxygens (including phenoxy) is 4. The van der Waals surface area contributed by atoms with Gasteiger partial charge in [0.2, 0.25) is 5.88 Å². The van der Waals surface area contributed by atoms with Gasteiger partial charge in [0.15, 0.2) is 0 Å². The predicted molar refractivity (Wildman–Crippen MR) is 142 cm³/mol. The fraction of sp³-hybridized carbons (Fsp3) is 0.462. The molecule has 0 saturated carbocycles. The molecule has 0 aliphatic heterocycles. The van der Waals surface area contributed by atoms with E-state index < -0.39 is 21.8 Å². The molecule has 1 aromatic heterocycles. The van der Waals surface area contributed by atoms with Crippen LogP contribution in [0.2, 0.25) is 0 Å². The number of hydrogen-bond donors (Lipinski definition) is 0. The summed E-state index contributed by atoms with van der Waals surface area (Å²) in [5, 5.41) is 0. The first kappa shape index (κ1) is 30.2. The number of amides is 1. The Balaban J connectivity index is 1.67. The molecule has 0 aliphatic carbocycles. The molecule has 0 atom stereocenters. The van der Waals surface area contributed by atoms with E-state index in [0.29, 0.717) is 32.3 Å². The minimum Gasteiger partial charge on any atom is -0.475 e. The Morgan fingerprint density at radius 3 is 2.03 bits per heavy atom. The Morgan fingerprint density at radius 2 is 1.46 bits per heavy atom. The van der Waals surface area contributed by atoms with Crippen LogP contribution < -0.4 is 9.64 Å². The smallest absolute Gasteiger partial charge is 0.414 e. The molecule has 2 rings (SSSR count). The maximum absolute atomic E-state index is 12.2. The molecule has 1 aromatic carbocycles. The topological polar surface area (TPSA) is 113 Å². The average Bonchev–Trinajstić information content (AvgIpc) is 2.82. The minimum absolute atomic E-state index is 0.0154. The lowest BCUT2D eigenvalue weighted by atomic mass is 10.1. The second kappa shape index (κ2) is 14.7. The molecule has 0 spiro atoms. The van der Waals surface area contributed by atoms with Crippen molar-refractivity contribution >= 4 is 34.1 Å². The highest BCUT2D eigenvalue weighted by Gasteiger charge is 2.20. The van der Waals surface area contributed by atoms with Crippen LogP contribution in [0.25, 0.3) is 12.2 Å². The van der Waals surface area contributed by atoms with E-state index in [1.54, 1.807) is 19.3 Å². The normalized spacial score (nSPS) is 12.0. The van der Waals surface area contributed by atoms with Crippen molar-refractivity contribution in [2.24, 2.45) is 0 Å². The molecule has 0 unspecified atom stereocenters. The van der Waals surface area contributed by atoms with Crippen LogP contribution in [-0.2, 0) is 28.5 Å². The van der Waals surface area contributed by atoms with Gasteiger partial charge in [0, 0.05) is 25.0 Å². The Bertz CT molecular complexity index is 1090. The van der Waals surface area contributed by atoms with Crippen LogP contribution in [0.15, 0.2) is 42.6 Å². The summed E-state index contributed by atoms with van der Waals surface area (Å²) in [5.41, 5.74) is 2.08. The molecule has 37 heavy (non-hydrogen) atoms. The highest BCUT2D eigenvalue weighted by atomic mass is 32.2. The molecular weight excluding hydrogens is 500 g/mol. The van der Waals surface area contributed by atoms with E-state index in [1.165, 1.54) is 4.90 Å². The monoisotopic (exact) mass is 536 g/mol. The van der Waals surface area contributed by atoms with E-state index in [-0.39, 0.29) is 13.2 Å². The fourth-order valence-electron chi connectivity index (χ4n) is 2.78. The lowest BCUT2D eigenvalue weighted by Crippen LogP contribution is -2.34. The summed E-state index contributed by atoms with van der Waals surface area (Å²) in [5.74, 6) is 0.490. The summed E-state index contributed by atoms with van der Waals surface area (Å²) in [7, 11) is -1.76. The molecule has 0 fully saturated rings. The number of anilines is 1. The SMILES string of the molecule is CN(C(=O)OC(C)(C)C)c1ccc(C=Cc2ccc(OCCOCCOCCOS(C)(=O)=O)nc2)cc1. The van der Waals surface area contributed by atoms with E-state index in [0.717, 1.165) is 23.1 Å². The van der Waals surface area contributed by atoms with Gasteiger partial charge >= 0.3 is 6.09 Å². The van der Waals surface area contributed by atoms with Gasteiger partial charge in [-0.1, -0.05) is 24.3 Å². The number of pyridine rings is 1. The zero-order valence-electron chi connectivity index (χ0n) is 22.0. The van der Waals surface area contributed by atoms with Gasteiger partial charge in [-0.15, -0.1) is 0 Å². The van der Waals surface area contributed by atoms with Crippen LogP contribution in [0.4, 0.5) is 10.5 Å². The van der Waals surface area contributed by atoms with Gasteiger partial charge in [-0.05, 0) is 50.1 Å². The average molecular weight is 537 g/mol. The van der Waals surface area contributed by atoms with Gasteiger partial charge in [-0.25, -0.2) is 9.78 Å². The van der Waals surface area contributed by atoms with Crippen molar-refractivity contribution in [1.29, 1.82) is 0 Å². The van der Waals surface area contributed by atoms with Gasteiger partial charge in [-0.2, -0.15) is 8.42 Å². The summed E-state index contributed by atoms with van der Waals surface area (Å²) < 4.78 is 47.7. The van der Waals surface area contributed by atoms with Crippen molar-refractivity contribution in [2.45, 2.75) is 26.4 Å². The van der Waals surface area contributed by atoms with Crippen LogP contribution in [0.1, 0.15) is 31.9 Å². The van der Waals surface area contributed by atoms with Crippen LogP contribution in [0, 0.1) is 0 Å². The zero-order chi connectivity index (χ0) is 27.3. The second-order valence-electron chi connectivity index (χ2n) is 8.99. The first-order chi connectivity index (χ1) is 17.4. The van der Waals surface area contributed by atoms with E-state index in [9.17, 15) is 13.2 Å². The lowest BCUT2D eigenvalue weighted by Gasteiger charge is -2.24. The van der Waals surface area contributed by atoms with Crippen molar-refractivity contribution in [2.75, 3.05) is 57.8 Å². The van der Waals surface area contributed by atoms with E-state index in [4.69, 9.17) is 18.9 Å². The lowest BCUT2D eigenvalue weighted by molar-refractivity contribution is 0.0276. The highest BCUT2D eigenvalue weighted by molar-refractivity contribution is 7.85. The molecule has 0 saturated heterocycles. The molecule has 1 heterocycles. The summed E-state index contributed by atoms with van der Waals surface area (Å²) >= 11 is 0. The fourth-order valence-corrected chi connectivity index (χ4v) is 3.16. The maximum atomic E-state index is 12.2. The first-order valence-corrected chi connectivity index (χ1v) is 13.6. The van der Waals surface area contributed by atoms with Gasteiger partial charge in [-0.3, -0.25) is 9.08 Å². The first-order valence-electron chi connectivity index (χ1n) is 11.8. The molecule has 11 heteroatoms. The third-order valence-electron chi connectivity index (χ3n) is 4.55. The van der Waals surface area contributed by atoms with Crippen molar-refractivity contribution in [3.63, 3.8) is 0 Å². The predicted octanol–water partition coefficient (Wildman–Crippen LogP) is 4.01. The number of nitrogens with zero attached hydrogens (tertiary/aromatic N) is 2. The molecular formula is C26H36N2O8S. The minimum atomic E-state index is -3.44. The molecule has 0 radical (unpaired) electrons. The number of benzene rings is 1. The summed E-state index contributed by atoms with van der Waals surface area (Å²) in [4.78, 5) is 18.0. The third-order valence-corrected chi connectivity index (χ3v) is 5.14. The molecule has 0 aliphatic rings. The Morgan fingerprint density at radius 1 is 0.892 bits per heavy atom. The summed E-state index contributed by atoms with van der Waals surface area (Å²) in [6, 6.07) is 11.2. The van der Waals surface area contributed by atoms with Gasteiger partial charge < -0.3 is 18.9 Å². The summed E-state index contributed by atoms with van der Waals surface area (Å²) in [6.45, 7) is 7.05. The molecule has 10 nitrogen and oxygen atoms in total. The summed E-state index contributed by atoms with van der Waals surface area (Å²) in [6.07, 6.45) is 6.19. The third kappa shape index (κ3) is 13.2. The molecule has 0 N–H and O–H groups in total. The Hall–Kier alpha value is -2.99. The molecule has 2 aromatic rings. The second-order valence-corrected chi connectivity index (χ2v) is 10.6. The van der Waals surface area contributed by atoms with Gasteiger partial charge in [0.25, 0.3) is 10.1 Å². The maximum Gasteiger partial charge on any atom is 0.414 e.